The van der Waals surface area contributed by atoms with E-state index in [1.165, 1.54) is 6.42 Å². The van der Waals surface area contributed by atoms with Crippen LogP contribution in [0.1, 0.15) is 26.1 Å². The van der Waals surface area contributed by atoms with Crippen LogP contribution in [-0.4, -0.2) is 14.9 Å². The molecule has 0 aromatic carbocycles. The van der Waals surface area contributed by atoms with Crippen LogP contribution < -0.4 is 4.52 Å². The van der Waals surface area contributed by atoms with E-state index in [1.54, 1.807) is 10.8 Å². The minimum Gasteiger partial charge on any atom is -0.224 e. The van der Waals surface area contributed by atoms with Crippen molar-refractivity contribution < 1.29 is 37.2 Å². The van der Waals surface area contributed by atoms with Crippen molar-refractivity contribution >= 4 is 0 Å². The number of nitrogens with zero attached hydrogens (tertiary/aromatic N) is 4. The summed E-state index contributed by atoms with van der Waals surface area (Å²) in [6, 6.07) is 4.82. The predicted octanol–water partition coefficient (Wildman–Crippen LogP) is 0.701. The Hall–Kier alpha value is -0.346. The third kappa shape index (κ3) is 2.82. The van der Waals surface area contributed by atoms with E-state index in [9.17, 15) is 0 Å². The molecule has 0 saturated heterocycles. The van der Waals surface area contributed by atoms with E-state index in [0.29, 0.717) is 5.92 Å². The van der Waals surface area contributed by atoms with Crippen LogP contribution in [0.5, 0.6) is 0 Å². The third-order valence-corrected chi connectivity index (χ3v) is 2.47. The van der Waals surface area contributed by atoms with Crippen molar-refractivity contribution in [3.05, 3.63) is 30.4 Å². The van der Waals surface area contributed by atoms with Crippen LogP contribution in [0.3, 0.4) is 0 Å². The van der Waals surface area contributed by atoms with Crippen molar-refractivity contribution in [2.75, 3.05) is 0 Å². The Balaban J connectivity index is 0.00000112. The van der Waals surface area contributed by atoms with E-state index in [4.69, 9.17) is 0 Å². The van der Waals surface area contributed by atoms with Crippen LogP contribution in [0.25, 0.3) is 0 Å². The first-order chi connectivity index (χ1) is 6.81. The van der Waals surface area contributed by atoms with E-state index in [0.717, 1.165) is 12.2 Å². The molecule has 0 fully saturated rings. The first-order valence-corrected chi connectivity index (χ1v) is 4.93. The largest absolute Gasteiger partial charge is 0.289 e. The summed E-state index contributed by atoms with van der Waals surface area (Å²) in [4.78, 5) is 0. The Labute approximate surface area is 115 Å². The van der Waals surface area contributed by atoms with Gasteiger partial charge in [0.05, 0.1) is 0 Å². The van der Waals surface area contributed by atoms with Crippen LogP contribution in [-0.2, 0) is 39.1 Å². The van der Waals surface area contributed by atoms with Gasteiger partial charge in [0.25, 0.3) is 5.82 Å². The van der Waals surface area contributed by atoms with Crippen molar-refractivity contribution in [2.45, 2.75) is 26.7 Å². The summed E-state index contributed by atoms with van der Waals surface area (Å²) in [6.45, 7) is 4.41. The summed E-state index contributed by atoms with van der Waals surface area (Å²) in [5.41, 5.74) is 0. The molecule has 0 spiro atoms. The summed E-state index contributed by atoms with van der Waals surface area (Å²) in [5.74, 6) is 1.65. The van der Waals surface area contributed by atoms with Gasteiger partial charge in [-0.3, -0.25) is 0 Å². The molecule has 1 unspecified atom stereocenters. The van der Waals surface area contributed by atoms with Crippen molar-refractivity contribution in [3.8, 4) is 0 Å². The van der Waals surface area contributed by atoms with Gasteiger partial charge in [0, 0.05) is 39.1 Å². The molecular weight excluding hydrogens is 265 g/mol. The molecule has 0 aliphatic carbocycles. The molecule has 4 nitrogen and oxygen atoms in total. The fraction of sp³-hybridized carbons (Fsp3) is 0.500. The molecule has 0 aliphatic rings. The van der Waals surface area contributed by atoms with Gasteiger partial charge in [-0.25, -0.2) is 10.6 Å². The van der Waals surface area contributed by atoms with Gasteiger partial charge in [0.15, 0.2) is 5.21 Å². The summed E-state index contributed by atoms with van der Waals surface area (Å²) < 4.78 is 3.64. The molecular formula is C10H14N4Y. The topological polar surface area (TPSA) is 34.3 Å². The Kier molecular flexibility index (Phi) is 4.80. The average Bonchev–Trinajstić information content (AvgIpc) is 2.62. The van der Waals surface area contributed by atoms with Crippen LogP contribution in [0.2, 0.25) is 0 Å². The number of tetrazole rings is 1. The maximum atomic E-state index is 4.14. The molecule has 2 aromatic rings. The van der Waals surface area contributed by atoms with Gasteiger partial charge in [0.1, 0.15) is 5.10 Å². The maximum absolute atomic E-state index is 4.14. The summed E-state index contributed by atoms with van der Waals surface area (Å²) in [5, 5.41) is 8.14. The Morgan fingerprint density at radius 1 is 1.60 bits per heavy atom. The zero-order valence-corrected chi connectivity index (χ0v) is 11.9. The van der Waals surface area contributed by atoms with Crippen molar-refractivity contribution in [2.24, 2.45) is 5.92 Å². The molecule has 15 heavy (non-hydrogen) atoms. The number of rotatable bonds is 3. The van der Waals surface area contributed by atoms with Crippen molar-refractivity contribution in [1.82, 2.24) is 14.9 Å². The second kappa shape index (κ2) is 5.66. The first-order valence-electron chi connectivity index (χ1n) is 4.93. The van der Waals surface area contributed by atoms with E-state index >= 15 is 0 Å². The van der Waals surface area contributed by atoms with E-state index in [-0.39, 0.29) is 32.7 Å². The Morgan fingerprint density at radius 3 is 3.13 bits per heavy atom. The molecule has 77 valence electrons. The van der Waals surface area contributed by atoms with Crippen LogP contribution in [0.4, 0.5) is 0 Å². The molecule has 1 radical (unpaired) electrons. The SMILES string of the molecule is CCC(C)Cc1nnn2c[c-]cc[n+]12.[Y]. The molecule has 2 heterocycles. The van der Waals surface area contributed by atoms with Crippen molar-refractivity contribution in [1.29, 1.82) is 0 Å². The van der Waals surface area contributed by atoms with Crippen LogP contribution in [0.15, 0.2) is 18.5 Å². The molecule has 0 aliphatic heterocycles. The monoisotopic (exact) mass is 279 g/mol. The fourth-order valence-corrected chi connectivity index (χ4v) is 1.36. The van der Waals surface area contributed by atoms with Crippen LogP contribution in [0, 0.1) is 12.0 Å². The Bertz CT molecular complexity index is 426. The number of fused-ring (bicyclic) bond motifs is 1. The number of hydrogen-bond donors (Lipinski definition) is 0. The molecule has 1 atom stereocenters. The normalized spacial score (nSPS) is 12.4. The van der Waals surface area contributed by atoms with Crippen LogP contribution >= 0.6 is 0 Å². The molecule has 0 amide bonds. The van der Waals surface area contributed by atoms with Gasteiger partial charge in [0.2, 0.25) is 0 Å². The number of hydrogen-bond acceptors (Lipinski definition) is 2. The van der Waals surface area contributed by atoms with Gasteiger partial charge in [-0.15, -0.1) is 0 Å². The van der Waals surface area contributed by atoms with Gasteiger partial charge in [-0.2, -0.15) is 6.07 Å². The first kappa shape index (κ1) is 12.7. The minimum atomic E-state index is 0. The summed E-state index contributed by atoms with van der Waals surface area (Å²) in [6.07, 6.45) is 5.83. The predicted molar refractivity (Wildman–Crippen MR) is 50.6 cm³/mol. The molecule has 5 heteroatoms. The molecule has 2 aromatic heterocycles. The standard InChI is InChI=1S/C10H14N4.Y/c1-3-9(2)8-10-11-12-14-7-5-4-6-13(10)14;/h4,6-7,9H,3,8H2,1-2H3;. The van der Waals surface area contributed by atoms with Crippen molar-refractivity contribution in [3.63, 3.8) is 0 Å². The Morgan fingerprint density at radius 2 is 2.40 bits per heavy atom. The van der Waals surface area contributed by atoms with Gasteiger partial charge < -0.3 is 0 Å². The fourth-order valence-electron chi connectivity index (χ4n) is 1.36. The third-order valence-electron chi connectivity index (χ3n) is 2.47. The maximum Gasteiger partial charge on any atom is 0.289 e. The van der Waals surface area contributed by atoms with E-state index in [2.05, 4.69) is 30.2 Å². The second-order valence-corrected chi connectivity index (χ2v) is 3.60. The molecule has 2 rings (SSSR count). The summed E-state index contributed by atoms with van der Waals surface area (Å²) in [7, 11) is 0. The molecule has 0 bridgehead atoms. The van der Waals surface area contributed by atoms with Gasteiger partial charge in [-0.1, -0.05) is 31.1 Å². The number of aromatic nitrogens is 4. The van der Waals surface area contributed by atoms with E-state index < -0.39 is 0 Å². The molecule has 0 saturated carbocycles. The quantitative estimate of drug-likeness (QED) is 0.612. The average molecular weight is 279 g/mol. The zero-order chi connectivity index (χ0) is 9.97. The zero-order valence-electron chi connectivity index (χ0n) is 9.09. The smallest absolute Gasteiger partial charge is 0.224 e. The summed E-state index contributed by atoms with van der Waals surface area (Å²) >= 11 is 0. The van der Waals surface area contributed by atoms with Gasteiger partial charge in [-0.05, 0) is 12.1 Å². The van der Waals surface area contributed by atoms with Gasteiger partial charge >= 0.3 is 0 Å². The second-order valence-electron chi connectivity index (χ2n) is 3.60. The van der Waals surface area contributed by atoms with E-state index in [1.807, 2.05) is 16.8 Å². The minimum absolute atomic E-state index is 0. The molecule has 0 N–H and O–H groups in total.